The Hall–Kier alpha value is -2.92. The van der Waals surface area contributed by atoms with Gasteiger partial charge in [-0.1, -0.05) is 5.21 Å². The Labute approximate surface area is 195 Å². The maximum atomic E-state index is 15.4. The Morgan fingerprint density at radius 3 is 2.53 bits per heavy atom. The SMILES string of the molecule is Cc1nnn(C)c1-c1cnc2c3c(S(C)(=O)=O)cc(F)c(F)c3n([C@H](C)C3CCOCC3)c2c1. The van der Waals surface area contributed by atoms with Crippen molar-refractivity contribution >= 4 is 31.8 Å². The van der Waals surface area contributed by atoms with E-state index in [1.54, 1.807) is 22.5 Å². The molecular formula is C23H25F2N5O3S. The first-order valence-electron chi connectivity index (χ1n) is 11.1. The van der Waals surface area contributed by atoms with Crippen LogP contribution in [0.25, 0.3) is 33.2 Å². The van der Waals surface area contributed by atoms with Crippen molar-refractivity contribution in [3.05, 3.63) is 35.7 Å². The Bertz CT molecular complexity index is 1520. The lowest BCUT2D eigenvalue weighted by molar-refractivity contribution is 0.0524. The summed E-state index contributed by atoms with van der Waals surface area (Å²) >= 11 is 0. The molecule has 0 aliphatic carbocycles. The monoisotopic (exact) mass is 489 g/mol. The lowest BCUT2D eigenvalue weighted by atomic mass is 9.92. The first-order chi connectivity index (χ1) is 16.1. The van der Waals surface area contributed by atoms with Crippen molar-refractivity contribution in [2.24, 2.45) is 13.0 Å². The lowest BCUT2D eigenvalue weighted by Crippen LogP contribution is -2.24. The molecule has 0 N–H and O–H groups in total. The van der Waals surface area contributed by atoms with Crippen molar-refractivity contribution in [2.45, 2.75) is 37.6 Å². The fourth-order valence-electron chi connectivity index (χ4n) is 5.11. The van der Waals surface area contributed by atoms with Gasteiger partial charge < -0.3 is 9.30 Å². The molecule has 3 aromatic heterocycles. The van der Waals surface area contributed by atoms with Gasteiger partial charge in [0.25, 0.3) is 0 Å². The van der Waals surface area contributed by atoms with Gasteiger partial charge in [0.05, 0.1) is 32.8 Å². The van der Waals surface area contributed by atoms with Crippen LogP contribution in [-0.2, 0) is 21.6 Å². The van der Waals surface area contributed by atoms with Gasteiger partial charge in [-0.2, -0.15) is 0 Å². The molecule has 0 amide bonds. The predicted molar refractivity (Wildman–Crippen MR) is 123 cm³/mol. The minimum atomic E-state index is -3.87. The van der Waals surface area contributed by atoms with Gasteiger partial charge in [-0.25, -0.2) is 21.9 Å². The summed E-state index contributed by atoms with van der Waals surface area (Å²) in [4.78, 5) is 4.30. The van der Waals surface area contributed by atoms with Crippen molar-refractivity contribution < 1.29 is 21.9 Å². The molecule has 1 aromatic carbocycles. The zero-order chi connectivity index (χ0) is 24.4. The molecule has 1 fully saturated rings. The molecule has 0 spiro atoms. The van der Waals surface area contributed by atoms with Crippen LogP contribution in [0.5, 0.6) is 0 Å². The molecule has 5 rings (SSSR count). The van der Waals surface area contributed by atoms with Crippen molar-refractivity contribution in [3.8, 4) is 11.3 Å². The zero-order valence-electron chi connectivity index (χ0n) is 19.3. The van der Waals surface area contributed by atoms with Gasteiger partial charge in [0.1, 0.15) is 0 Å². The number of sulfone groups is 1. The van der Waals surface area contributed by atoms with E-state index >= 15 is 4.39 Å². The average molecular weight is 490 g/mol. The topological polar surface area (TPSA) is 91.9 Å². The number of pyridine rings is 1. The predicted octanol–water partition coefficient (Wildman–Crippen LogP) is 3.96. The normalized spacial score (nSPS) is 16.5. The van der Waals surface area contributed by atoms with Gasteiger partial charge in [0.15, 0.2) is 21.5 Å². The van der Waals surface area contributed by atoms with E-state index in [0.29, 0.717) is 35.5 Å². The molecule has 1 atom stereocenters. The number of fused-ring (bicyclic) bond motifs is 3. The summed E-state index contributed by atoms with van der Waals surface area (Å²) in [6, 6.07) is 2.32. The number of rotatable bonds is 4. The number of aryl methyl sites for hydroxylation is 2. The van der Waals surface area contributed by atoms with Gasteiger partial charge in [-0.15, -0.1) is 5.10 Å². The van der Waals surface area contributed by atoms with E-state index in [4.69, 9.17) is 4.74 Å². The number of aromatic nitrogens is 5. The summed E-state index contributed by atoms with van der Waals surface area (Å²) in [6.07, 6.45) is 4.10. The summed E-state index contributed by atoms with van der Waals surface area (Å²) in [6.45, 7) is 4.94. The number of hydrogen-bond acceptors (Lipinski definition) is 6. The minimum Gasteiger partial charge on any atom is -0.381 e. The number of halogens is 2. The summed E-state index contributed by atoms with van der Waals surface area (Å²) in [5.74, 6) is -2.15. The van der Waals surface area contributed by atoms with Gasteiger partial charge in [0.2, 0.25) is 0 Å². The lowest BCUT2D eigenvalue weighted by Gasteiger charge is -2.30. The Kier molecular flexibility index (Phi) is 5.44. The first-order valence-corrected chi connectivity index (χ1v) is 12.9. The second-order valence-corrected chi connectivity index (χ2v) is 10.9. The maximum absolute atomic E-state index is 15.4. The van der Waals surface area contributed by atoms with Gasteiger partial charge in [0, 0.05) is 49.7 Å². The fraction of sp³-hybridized carbons (Fsp3) is 0.435. The maximum Gasteiger partial charge on any atom is 0.183 e. The summed E-state index contributed by atoms with van der Waals surface area (Å²) in [5.41, 5.74) is 2.88. The highest BCUT2D eigenvalue weighted by Crippen LogP contribution is 2.41. The molecule has 1 saturated heterocycles. The van der Waals surface area contributed by atoms with Crippen LogP contribution < -0.4 is 0 Å². The number of benzene rings is 1. The Morgan fingerprint density at radius 2 is 1.91 bits per heavy atom. The largest absolute Gasteiger partial charge is 0.381 e. The summed E-state index contributed by atoms with van der Waals surface area (Å²) in [7, 11) is -2.11. The Balaban J connectivity index is 1.91. The first kappa shape index (κ1) is 22.9. The second kappa shape index (κ2) is 8.09. The van der Waals surface area contributed by atoms with Crippen LogP contribution in [0.2, 0.25) is 0 Å². The highest BCUT2D eigenvalue weighted by molar-refractivity contribution is 7.91. The summed E-state index contributed by atoms with van der Waals surface area (Å²) < 4.78 is 64.2. The molecular weight excluding hydrogens is 464 g/mol. The van der Waals surface area contributed by atoms with Crippen LogP contribution in [-0.4, -0.2) is 52.4 Å². The molecule has 34 heavy (non-hydrogen) atoms. The highest BCUT2D eigenvalue weighted by atomic mass is 32.2. The van der Waals surface area contributed by atoms with Crippen LogP contribution in [0.4, 0.5) is 8.78 Å². The van der Waals surface area contributed by atoms with Crippen LogP contribution in [0, 0.1) is 24.5 Å². The average Bonchev–Trinajstić information content (AvgIpc) is 3.32. The van der Waals surface area contributed by atoms with E-state index in [2.05, 4.69) is 15.3 Å². The molecule has 4 heterocycles. The van der Waals surface area contributed by atoms with E-state index in [1.165, 1.54) is 0 Å². The van der Waals surface area contributed by atoms with Gasteiger partial charge in [-0.3, -0.25) is 4.98 Å². The van der Waals surface area contributed by atoms with Crippen LogP contribution >= 0.6 is 0 Å². The van der Waals surface area contributed by atoms with E-state index in [9.17, 15) is 12.8 Å². The smallest absolute Gasteiger partial charge is 0.183 e. The standard InChI is InChI=1S/C23H25F2N5O3S/c1-12-22(29(3)28-27-12)15-9-17-21(26-11-15)19-18(34(4,31)32)10-16(24)20(25)23(19)30(17)13(2)14-5-7-33-8-6-14/h9-11,13-14H,5-8H2,1-4H3/t13-/m1/s1. The number of hydrogen-bond donors (Lipinski definition) is 0. The van der Waals surface area contributed by atoms with Crippen molar-refractivity contribution in [1.29, 1.82) is 0 Å². The molecule has 0 unspecified atom stereocenters. The third-order valence-electron chi connectivity index (χ3n) is 6.79. The van der Waals surface area contributed by atoms with Crippen molar-refractivity contribution in [3.63, 3.8) is 0 Å². The quantitative estimate of drug-likeness (QED) is 0.403. The highest BCUT2D eigenvalue weighted by Gasteiger charge is 2.31. The van der Waals surface area contributed by atoms with E-state index < -0.39 is 21.5 Å². The third-order valence-corrected chi connectivity index (χ3v) is 7.91. The molecule has 0 bridgehead atoms. The molecule has 180 valence electrons. The van der Waals surface area contributed by atoms with Crippen LogP contribution in [0.3, 0.4) is 0 Å². The van der Waals surface area contributed by atoms with Crippen LogP contribution in [0.1, 0.15) is 31.5 Å². The number of nitrogens with zero attached hydrogens (tertiary/aromatic N) is 5. The number of ether oxygens (including phenoxy) is 1. The van der Waals surface area contributed by atoms with Crippen molar-refractivity contribution in [2.75, 3.05) is 19.5 Å². The minimum absolute atomic E-state index is 0.0843. The van der Waals surface area contributed by atoms with E-state index in [1.807, 2.05) is 19.9 Å². The van der Waals surface area contributed by atoms with Crippen molar-refractivity contribution in [1.82, 2.24) is 24.5 Å². The van der Waals surface area contributed by atoms with E-state index in [0.717, 1.165) is 30.9 Å². The molecule has 8 nitrogen and oxygen atoms in total. The fourth-order valence-corrected chi connectivity index (χ4v) is 5.99. The molecule has 11 heteroatoms. The molecule has 4 aromatic rings. The molecule has 1 aliphatic heterocycles. The second-order valence-electron chi connectivity index (χ2n) is 8.97. The summed E-state index contributed by atoms with van der Waals surface area (Å²) in [5, 5.41) is 8.24. The van der Waals surface area contributed by atoms with Gasteiger partial charge in [-0.05, 0) is 44.7 Å². The van der Waals surface area contributed by atoms with E-state index in [-0.39, 0.29) is 27.8 Å². The zero-order valence-corrected chi connectivity index (χ0v) is 20.2. The molecule has 0 saturated carbocycles. The third kappa shape index (κ3) is 3.49. The molecule has 1 aliphatic rings. The molecule has 0 radical (unpaired) electrons. The van der Waals surface area contributed by atoms with Gasteiger partial charge >= 0.3 is 0 Å². The Morgan fingerprint density at radius 1 is 1.21 bits per heavy atom. The van der Waals surface area contributed by atoms with Crippen LogP contribution in [0.15, 0.2) is 23.2 Å².